The van der Waals surface area contributed by atoms with Gasteiger partial charge in [-0.25, -0.2) is 0 Å². The Morgan fingerprint density at radius 1 is 1.04 bits per heavy atom. The van der Waals surface area contributed by atoms with E-state index in [2.05, 4.69) is 54.4 Å². The van der Waals surface area contributed by atoms with E-state index in [0.29, 0.717) is 12.2 Å². The van der Waals surface area contributed by atoms with E-state index in [0.717, 1.165) is 38.3 Å². The van der Waals surface area contributed by atoms with E-state index < -0.39 is 0 Å². The highest BCUT2D eigenvalue weighted by atomic mass is 16.5. The number of hydrogen-bond donors (Lipinski definition) is 1. The van der Waals surface area contributed by atoms with Crippen LogP contribution in [0.4, 0.5) is 5.69 Å². The van der Waals surface area contributed by atoms with Crippen LogP contribution in [0.25, 0.3) is 0 Å². The summed E-state index contributed by atoms with van der Waals surface area (Å²) in [6.07, 6.45) is 0.916. The van der Waals surface area contributed by atoms with Crippen LogP contribution < -0.4 is 10.1 Å². The van der Waals surface area contributed by atoms with Crippen molar-refractivity contribution in [3.63, 3.8) is 0 Å². The minimum Gasteiger partial charge on any atom is -0.494 e. The van der Waals surface area contributed by atoms with Crippen LogP contribution in [0.3, 0.4) is 0 Å². The molecule has 4 heteroatoms. The highest BCUT2D eigenvalue weighted by Gasteiger charge is 2.05. The molecule has 0 radical (unpaired) electrons. The zero-order valence-corrected chi connectivity index (χ0v) is 15.2. The fourth-order valence-electron chi connectivity index (χ4n) is 2.63. The van der Waals surface area contributed by atoms with Gasteiger partial charge < -0.3 is 10.1 Å². The van der Waals surface area contributed by atoms with Gasteiger partial charge in [0.15, 0.2) is 0 Å². The standard InChI is InChI=1S/C21H27N3O/c1-3-24(4-2)17-19-8-5-6-9-21(19)23-14-7-15-25-20-12-10-18(16-22)11-13-20/h5-6,8-13,23H,3-4,7,14-15,17H2,1-2H3. The number of nitriles is 1. The molecule has 0 saturated heterocycles. The van der Waals surface area contributed by atoms with Crippen molar-refractivity contribution in [2.45, 2.75) is 26.8 Å². The normalized spacial score (nSPS) is 10.5. The molecule has 4 nitrogen and oxygen atoms in total. The summed E-state index contributed by atoms with van der Waals surface area (Å²) < 4.78 is 5.72. The van der Waals surface area contributed by atoms with E-state index in [-0.39, 0.29) is 0 Å². The second kappa shape index (κ2) is 10.4. The Kier molecular flexibility index (Phi) is 7.81. The lowest BCUT2D eigenvalue weighted by Gasteiger charge is -2.20. The van der Waals surface area contributed by atoms with Gasteiger partial charge in [0.2, 0.25) is 0 Å². The van der Waals surface area contributed by atoms with Crippen LogP contribution in [0.2, 0.25) is 0 Å². The third-order valence-corrected chi connectivity index (χ3v) is 4.19. The molecule has 0 aromatic heterocycles. The van der Waals surface area contributed by atoms with E-state index >= 15 is 0 Å². The Bertz CT molecular complexity index is 672. The molecular formula is C21H27N3O. The van der Waals surface area contributed by atoms with E-state index in [1.165, 1.54) is 11.3 Å². The summed E-state index contributed by atoms with van der Waals surface area (Å²) >= 11 is 0. The molecule has 0 unspecified atom stereocenters. The van der Waals surface area contributed by atoms with Gasteiger partial charge in [0.05, 0.1) is 18.2 Å². The average molecular weight is 337 g/mol. The number of para-hydroxylation sites is 1. The van der Waals surface area contributed by atoms with Gasteiger partial charge in [0.25, 0.3) is 0 Å². The highest BCUT2D eigenvalue weighted by molar-refractivity contribution is 5.51. The Morgan fingerprint density at radius 3 is 2.44 bits per heavy atom. The Labute approximate surface area is 151 Å². The molecule has 0 aliphatic heterocycles. The summed E-state index contributed by atoms with van der Waals surface area (Å²) in [7, 11) is 0. The van der Waals surface area contributed by atoms with Crippen LogP contribution in [0.1, 0.15) is 31.4 Å². The van der Waals surface area contributed by atoms with Crippen molar-refractivity contribution in [2.24, 2.45) is 0 Å². The van der Waals surface area contributed by atoms with E-state index in [1.54, 1.807) is 12.1 Å². The highest BCUT2D eigenvalue weighted by Crippen LogP contribution is 2.17. The molecule has 0 spiro atoms. The van der Waals surface area contributed by atoms with E-state index in [1.807, 2.05) is 12.1 Å². The summed E-state index contributed by atoms with van der Waals surface area (Å²) in [4.78, 5) is 2.41. The maximum Gasteiger partial charge on any atom is 0.119 e. The first-order valence-corrected chi connectivity index (χ1v) is 8.94. The number of hydrogen-bond acceptors (Lipinski definition) is 4. The molecule has 0 atom stereocenters. The van der Waals surface area contributed by atoms with E-state index in [9.17, 15) is 0 Å². The van der Waals surface area contributed by atoms with Crippen LogP contribution in [0.5, 0.6) is 5.75 Å². The lowest BCUT2D eigenvalue weighted by atomic mass is 10.1. The Hall–Kier alpha value is -2.51. The van der Waals surface area contributed by atoms with Crippen LogP contribution >= 0.6 is 0 Å². The van der Waals surface area contributed by atoms with Crippen molar-refractivity contribution in [2.75, 3.05) is 31.6 Å². The fourth-order valence-corrected chi connectivity index (χ4v) is 2.63. The van der Waals surface area contributed by atoms with Gasteiger partial charge >= 0.3 is 0 Å². The van der Waals surface area contributed by atoms with Crippen LogP contribution in [-0.2, 0) is 6.54 Å². The van der Waals surface area contributed by atoms with Crippen LogP contribution in [0, 0.1) is 11.3 Å². The van der Waals surface area contributed by atoms with E-state index in [4.69, 9.17) is 10.00 Å². The van der Waals surface area contributed by atoms with Crippen molar-refractivity contribution in [3.8, 4) is 11.8 Å². The molecule has 25 heavy (non-hydrogen) atoms. The third-order valence-electron chi connectivity index (χ3n) is 4.19. The average Bonchev–Trinajstić information content (AvgIpc) is 2.67. The van der Waals surface area contributed by atoms with Crippen LogP contribution in [-0.4, -0.2) is 31.1 Å². The monoisotopic (exact) mass is 337 g/mol. The second-order valence-corrected chi connectivity index (χ2v) is 5.88. The summed E-state index contributed by atoms with van der Waals surface area (Å²) in [5.41, 5.74) is 3.19. The SMILES string of the molecule is CCN(CC)Cc1ccccc1NCCCOc1ccc(C#N)cc1. The fraction of sp³-hybridized carbons (Fsp3) is 0.381. The lowest BCUT2D eigenvalue weighted by molar-refractivity contribution is 0.296. The lowest BCUT2D eigenvalue weighted by Crippen LogP contribution is -2.23. The molecule has 0 heterocycles. The number of rotatable bonds is 10. The van der Waals surface area contributed by atoms with Crippen molar-refractivity contribution in [1.82, 2.24) is 4.90 Å². The molecule has 0 aliphatic rings. The summed E-state index contributed by atoms with van der Waals surface area (Å²) in [6.45, 7) is 8.99. The largest absolute Gasteiger partial charge is 0.494 e. The van der Waals surface area contributed by atoms with Gasteiger partial charge in [-0.2, -0.15) is 5.26 Å². The maximum absolute atomic E-state index is 8.79. The first-order chi connectivity index (χ1) is 12.3. The smallest absolute Gasteiger partial charge is 0.119 e. The van der Waals surface area contributed by atoms with Gasteiger partial charge in [-0.3, -0.25) is 4.90 Å². The summed E-state index contributed by atoms with van der Waals surface area (Å²) in [5.74, 6) is 0.806. The molecule has 2 rings (SSSR count). The molecule has 0 fully saturated rings. The predicted molar refractivity (Wildman–Crippen MR) is 103 cm³/mol. The number of nitrogens with one attached hydrogen (secondary N) is 1. The molecule has 0 bridgehead atoms. The van der Waals surface area contributed by atoms with Crippen molar-refractivity contribution in [3.05, 3.63) is 59.7 Å². The third kappa shape index (κ3) is 6.13. The van der Waals surface area contributed by atoms with Gasteiger partial charge in [0.1, 0.15) is 5.75 Å². The number of benzene rings is 2. The molecule has 132 valence electrons. The zero-order chi connectivity index (χ0) is 17.9. The predicted octanol–water partition coefficient (Wildman–Crippen LogP) is 4.28. The van der Waals surface area contributed by atoms with Crippen LogP contribution in [0.15, 0.2) is 48.5 Å². The minimum absolute atomic E-state index is 0.650. The molecular weight excluding hydrogens is 310 g/mol. The van der Waals surface area contributed by atoms with Gasteiger partial charge in [-0.1, -0.05) is 32.0 Å². The molecule has 2 aromatic rings. The molecule has 2 aromatic carbocycles. The minimum atomic E-state index is 0.650. The number of anilines is 1. The van der Waals surface area contributed by atoms with Crippen molar-refractivity contribution >= 4 is 5.69 Å². The van der Waals surface area contributed by atoms with Crippen molar-refractivity contribution in [1.29, 1.82) is 5.26 Å². The molecule has 0 aliphatic carbocycles. The molecule has 1 N–H and O–H groups in total. The quantitative estimate of drug-likeness (QED) is 0.657. The van der Waals surface area contributed by atoms with Crippen molar-refractivity contribution < 1.29 is 4.74 Å². The first kappa shape index (κ1) is 18.8. The number of nitrogens with zero attached hydrogens (tertiary/aromatic N) is 2. The van der Waals surface area contributed by atoms with Gasteiger partial charge in [0, 0.05) is 18.8 Å². The topological polar surface area (TPSA) is 48.3 Å². The maximum atomic E-state index is 8.79. The summed E-state index contributed by atoms with van der Waals surface area (Å²) in [6, 6.07) is 17.8. The summed E-state index contributed by atoms with van der Waals surface area (Å²) in [5, 5.41) is 12.3. The second-order valence-electron chi connectivity index (χ2n) is 5.88. The van der Waals surface area contributed by atoms with Gasteiger partial charge in [-0.15, -0.1) is 0 Å². The molecule has 0 amide bonds. The first-order valence-electron chi connectivity index (χ1n) is 8.94. The molecule has 0 saturated carbocycles. The number of ether oxygens (including phenoxy) is 1. The zero-order valence-electron chi connectivity index (χ0n) is 15.2. The van der Waals surface area contributed by atoms with Gasteiger partial charge in [-0.05, 0) is 55.4 Å². The Balaban J connectivity index is 1.76. The Morgan fingerprint density at radius 2 is 1.76 bits per heavy atom.